The number of ether oxygens (including phenoxy) is 1. The van der Waals surface area contributed by atoms with Gasteiger partial charge in [0, 0.05) is 0 Å². The first kappa shape index (κ1) is 14.4. The molecule has 0 bridgehead atoms. The summed E-state index contributed by atoms with van der Waals surface area (Å²) in [6.07, 6.45) is 3.88. The molecule has 0 spiro atoms. The van der Waals surface area contributed by atoms with Gasteiger partial charge in [-0.05, 0) is 35.1 Å². The number of fused-ring (bicyclic) bond motifs is 1. The van der Waals surface area contributed by atoms with Gasteiger partial charge in [-0.3, -0.25) is 0 Å². The number of rotatable bonds is 8. The Labute approximate surface area is 121 Å². The van der Waals surface area contributed by atoms with Crippen molar-refractivity contribution in [1.29, 1.82) is 0 Å². The lowest BCUT2D eigenvalue weighted by molar-refractivity contribution is -0.888. The number of benzene rings is 2. The van der Waals surface area contributed by atoms with Crippen LogP contribution in [0.15, 0.2) is 67.8 Å². The van der Waals surface area contributed by atoms with Crippen molar-refractivity contribution in [2.24, 2.45) is 0 Å². The lowest BCUT2D eigenvalue weighted by Crippen LogP contribution is -3.12. The first-order valence-corrected chi connectivity index (χ1v) is 7.00. The van der Waals surface area contributed by atoms with Crippen molar-refractivity contribution in [3.8, 4) is 5.75 Å². The van der Waals surface area contributed by atoms with Crippen molar-refractivity contribution in [2.75, 3.05) is 26.2 Å². The molecule has 0 aliphatic carbocycles. The molecule has 0 aliphatic rings. The van der Waals surface area contributed by atoms with E-state index in [1.165, 1.54) is 15.7 Å². The summed E-state index contributed by atoms with van der Waals surface area (Å²) in [5.74, 6) is 0.931. The smallest absolute Gasteiger partial charge is 0.137 e. The third-order valence-corrected chi connectivity index (χ3v) is 3.31. The maximum absolute atomic E-state index is 5.85. The molecule has 0 aliphatic heterocycles. The van der Waals surface area contributed by atoms with Crippen LogP contribution in [0.25, 0.3) is 10.8 Å². The van der Waals surface area contributed by atoms with Crippen LogP contribution in [0.1, 0.15) is 0 Å². The highest BCUT2D eigenvalue weighted by molar-refractivity contribution is 5.83. The highest BCUT2D eigenvalue weighted by atomic mass is 16.5. The fraction of sp³-hybridized carbons (Fsp3) is 0.222. The van der Waals surface area contributed by atoms with Crippen LogP contribution in [0.4, 0.5) is 0 Å². The monoisotopic (exact) mass is 268 g/mol. The third kappa shape index (κ3) is 3.97. The maximum Gasteiger partial charge on any atom is 0.137 e. The molecule has 0 fully saturated rings. The van der Waals surface area contributed by atoms with Gasteiger partial charge in [-0.15, -0.1) is 0 Å². The number of hydrogen-bond acceptors (Lipinski definition) is 1. The SMILES string of the molecule is C=CC[NH+](CC=C)CCOc1ccc2ccccc2c1. The van der Waals surface area contributed by atoms with Crippen LogP contribution in [0.3, 0.4) is 0 Å². The second-order valence-corrected chi connectivity index (χ2v) is 4.84. The van der Waals surface area contributed by atoms with Gasteiger partial charge in [0.15, 0.2) is 0 Å². The molecule has 0 aromatic heterocycles. The van der Waals surface area contributed by atoms with E-state index in [4.69, 9.17) is 4.74 Å². The van der Waals surface area contributed by atoms with E-state index in [-0.39, 0.29) is 0 Å². The van der Waals surface area contributed by atoms with Gasteiger partial charge < -0.3 is 9.64 Å². The summed E-state index contributed by atoms with van der Waals surface area (Å²) in [5.41, 5.74) is 0. The Bertz CT molecular complexity index is 566. The minimum atomic E-state index is 0.704. The van der Waals surface area contributed by atoms with Crippen LogP contribution in [0.2, 0.25) is 0 Å². The summed E-state index contributed by atoms with van der Waals surface area (Å²) in [5, 5.41) is 2.46. The summed E-state index contributed by atoms with van der Waals surface area (Å²) < 4.78 is 5.85. The maximum atomic E-state index is 5.85. The molecule has 2 aromatic carbocycles. The fourth-order valence-electron chi connectivity index (χ4n) is 2.27. The van der Waals surface area contributed by atoms with Crippen LogP contribution in [0, 0.1) is 0 Å². The largest absolute Gasteiger partial charge is 0.488 e. The predicted octanol–water partition coefficient (Wildman–Crippen LogP) is 2.48. The minimum Gasteiger partial charge on any atom is -0.488 e. The van der Waals surface area contributed by atoms with Crippen molar-refractivity contribution in [3.63, 3.8) is 0 Å². The molecule has 20 heavy (non-hydrogen) atoms. The van der Waals surface area contributed by atoms with Gasteiger partial charge in [0.2, 0.25) is 0 Å². The number of quaternary nitrogens is 1. The van der Waals surface area contributed by atoms with Gasteiger partial charge in [0.25, 0.3) is 0 Å². The van der Waals surface area contributed by atoms with Gasteiger partial charge in [-0.25, -0.2) is 0 Å². The van der Waals surface area contributed by atoms with E-state index in [0.717, 1.165) is 25.4 Å². The Kier molecular flexibility index (Phi) is 5.39. The van der Waals surface area contributed by atoms with E-state index >= 15 is 0 Å². The van der Waals surface area contributed by atoms with Crippen molar-refractivity contribution in [3.05, 3.63) is 67.8 Å². The Hall–Kier alpha value is -2.06. The van der Waals surface area contributed by atoms with E-state index in [9.17, 15) is 0 Å². The van der Waals surface area contributed by atoms with Gasteiger partial charge in [-0.1, -0.05) is 43.5 Å². The lowest BCUT2D eigenvalue weighted by atomic mass is 10.1. The average molecular weight is 268 g/mol. The highest BCUT2D eigenvalue weighted by Crippen LogP contribution is 2.20. The molecule has 2 aromatic rings. The molecule has 0 saturated carbocycles. The topological polar surface area (TPSA) is 13.7 Å². The van der Waals surface area contributed by atoms with E-state index < -0.39 is 0 Å². The summed E-state index contributed by atoms with van der Waals surface area (Å²) in [4.78, 5) is 1.41. The fourth-order valence-corrected chi connectivity index (χ4v) is 2.27. The van der Waals surface area contributed by atoms with Crippen LogP contribution in [0.5, 0.6) is 5.75 Å². The molecule has 0 amide bonds. The Morgan fingerprint density at radius 1 is 0.950 bits per heavy atom. The molecule has 0 heterocycles. The normalized spacial score (nSPS) is 10.7. The number of hydrogen-bond donors (Lipinski definition) is 1. The molecule has 2 heteroatoms. The summed E-state index contributed by atoms with van der Waals surface area (Å²) in [7, 11) is 0. The average Bonchev–Trinajstić information content (AvgIpc) is 2.47. The lowest BCUT2D eigenvalue weighted by Gasteiger charge is -2.16. The van der Waals surface area contributed by atoms with Crippen LogP contribution >= 0.6 is 0 Å². The molecule has 104 valence electrons. The quantitative estimate of drug-likeness (QED) is 0.726. The van der Waals surface area contributed by atoms with Gasteiger partial charge in [-0.2, -0.15) is 0 Å². The highest BCUT2D eigenvalue weighted by Gasteiger charge is 2.04. The zero-order valence-electron chi connectivity index (χ0n) is 11.8. The van der Waals surface area contributed by atoms with Crippen molar-refractivity contribution < 1.29 is 9.64 Å². The first-order chi connectivity index (χ1) is 9.83. The van der Waals surface area contributed by atoms with Crippen LogP contribution in [-0.4, -0.2) is 26.2 Å². The van der Waals surface area contributed by atoms with E-state index in [0.29, 0.717) is 6.61 Å². The first-order valence-electron chi connectivity index (χ1n) is 7.00. The van der Waals surface area contributed by atoms with Gasteiger partial charge in [0.05, 0.1) is 13.1 Å². The van der Waals surface area contributed by atoms with Crippen LogP contribution in [-0.2, 0) is 0 Å². The van der Waals surface area contributed by atoms with E-state index in [1.54, 1.807) is 0 Å². The Morgan fingerprint density at radius 2 is 1.65 bits per heavy atom. The second kappa shape index (κ2) is 7.51. The summed E-state index contributed by atoms with van der Waals surface area (Å²) in [6, 6.07) is 14.5. The molecule has 2 rings (SSSR count). The molecule has 2 nitrogen and oxygen atoms in total. The van der Waals surface area contributed by atoms with Gasteiger partial charge in [0.1, 0.15) is 18.9 Å². The second-order valence-electron chi connectivity index (χ2n) is 4.84. The standard InChI is InChI=1S/C18H21NO/c1-3-11-19(12-4-2)13-14-20-18-10-9-16-7-5-6-8-17(16)15-18/h3-10,15H,1-2,11-14H2/p+1. The Morgan fingerprint density at radius 3 is 2.35 bits per heavy atom. The summed E-state index contributed by atoms with van der Waals surface area (Å²) in [6.45, 7) is 11.1. The molecule has 0 unspecified atom stereocenters. The molecule has 0 saturated heterocycles. The number of nitrogens with one attached hydrogen (secondary N) is 1. The van der Waals surface area contributed by atoms with Gasteiger partial charge >= 0.3 is 0 Å². The molecular weight excluding hydrogens is 246 g/mol. The van der Waals surface area contributed by atoms with Crippen molar-refractivity contribution in [2.45, 2.75) is 0 Å². The van der Waals surface area contributed by atoms with E-state index in [2.05, 4.69) is 43.5 Å². The zero-order valence-corrected chi connectivity index (χ0v) is 11.8. The summed E-state index contributed by atoms with van der Waals surface area (Å²) >= 11 is 0. The van der Waals surface area contributed by atoms with Crippen molar-refractivity contribution >= 4 is 10.8 Å². The molecule has 1 N–H and O–H groups in total. The van der Waals surface area contributed by atoms with E-state index in [1.807, 2.05) is 24.3 Å². The Balaban J connectivity index is 1.91. The molecular formula is C18H22NO+. The molecule has 0 atom stereocenters. The minimum absolute atomic E-state index is 0.704. The zero-order chi connectivity index (χ0) is 14.2. The van der Waals surface area contributed by atoms with Crippen molar-refractivity contribution in [1.82, 2.24) is 0 Å². The molecule has 0 radical (unpaired) electrons. The van der Waals surface area contributed by atoms with Crippen LogP contribution < -0.4 is 9.64 Å². The third-order valence-electron chi connectivity index (χ3n) is 3.31. The predicted molar refractivity (Wildman–Crippen MR) is 85.4 cm³/mol.